The largest absolute Gasteiger partial charge is 0.780 e. The van der Waals surface area contributed by atoms with Gasteiger partial charge >= 0.3 is 34.8 Å². The molecule has 7 fully saturated rings. The number of rotatable bonds is 41. The molecule has 0 radical (unpaired) electrons. The molecule has 0 spiro atoms. The van der Waals surface area contributed by atoms with E-state index >= 15 is 0 Å². The van der Waals surface area contributed by atoms with Gasteiger partial charge in [0.05, 0.1) is 94.8 Å². The van der Waals surface area contributed by atoms with Crippen molar-refractivity contribution in [3.63, 3.8) is 0 Å². The average molecular weight is 2270 g/mol. The Bertz CT molecular complexity index is 6640. The summed E-state index contributed by atoms with van der Waals surface area (Å²) in [6.45, 7) is -27.8. The fraction of sp³-hybridized carbons (Fsp3) is 0.625. The summed E-state index contributed by atoms with van der Waals surface area (Å²) < 4.78 is 146. The number of anilines is 3. The molecule has 9 aliphatic heterocycles. The van der Waals surface area contributed by atoms with Crippen LogP contribution in [0.15, 0.2) is 89.8 Å². The maximum Gasteiger partial charge on any atom is 0.351 e. The third-order valence-corrected chi connectivity index (χ3v) is 35.1. The van der Waals surface area contributed by atoms with E-state index in [2.05, 4.69) is 45.5 Å². The van der Waals surface area contributed by atoms with Gasteiger partial charge in [0, 0.05) is 111 Å². The molecule has 0 aromatic carbocycles. The summed E-state index contributed by atoms with van der Waals surface area (Å²) in [4.78, 5) is 218. The van der Waals surface area contributed by atoms with Gasteiger partial charge in [-0.05, 0) is 59.1 Å². The molecule has 6 aromatic rings. The topological polar surface area (TPSA) is 767 Å². The molecule has 57 nitrogen and oxygen atoms in total. The minimum absolute atomic E-state index is 0.00743. The molecule has 15 rings (SSSR count). The maximum absolute atomic E-state index is 15.0. The predicted molar refractivity (Wildman–Crippen MR) is 508 cm³/mol. The lowest BCUT2D eigenvalue weighted by Gasteiger charge is -2.36. The van der Waals surface area contributed by atoms with Gasteiger partial charge in [-0.25, -0.2) is 43.7 Å². The van der Waals surface area contributed by atoms with Crippen LogP contribution >= 0.6 is 47.1 Å². The molecular weight excluding hydrogens is 2180 g/mol. The number of hydrogen-bond donors (Lipinski definition) is 9. The molecule has 15 heterocycles. The Morgan fingerprint density at radius 3 is 1.07 bits per heavy atom. The first kappa shape index (κ1) is 112. The van der Waals surface area contributed by atoms with Crippen molar-refractivity contribution in [2.45, 2.75) is 241 Å². The molecular formula is C72H97N21O36P7S7-7. The summed E-state index contributed by atoms with van der Waals surface area (Å²) in [5, 5.41) is 5.12. The SMILES string of the molecule is CC[C@H]1O[C@@H](n2cc(C)c(N)nc2=O)C[C@H]1OP([O-])(=S)OC[C@H]1O[C@@H](n2cnc3c(N)ncnc32)C[C@H]1OP(=O)([S-])OC[C@H]1O[C@@H](n2cc(C)c(=O)[nH]c2=O)C[C@H]1OP([O-])(=S)OC[C@H]1O[C@@H](N2C=C(C)C(N)NC2=O)C[C@H]1OP([O-])(=S)OC[C@H]1O[C@@H](N2C=C(C)C(N)NC2=O)C[C@H]1OP([O-])(=S)OC[C@H]1O[C@@H](n2cc(C)c(N)nc2=O)C[C@H]1OP([O-])(=S)OC[C@H]1O[C@@H](n2cc(C)c(=O)[nH]c2=O)C[C@H]1OP([O-])(=S)OC. The second-order valence-electron chi connectivity index (χ2n) is 34.0. The molecule has 7 saturated heterocycles. The first-order valence-electron chi connectivity index (χ1n) is 43.4. The van der Waals surface area contributed by atoms with Gasteiger partial charge in [0.25, 0.3) is 11.1 Å². The van der Waals surface area contributed by atoms with Crippen LogP contribution in [0.4, 0.5) is 27.0 Å². The summed E-state index contributed by atoms with van der Waals surface area (Å²) in [6.07, 6.45) is -22.1. The van der Waals surface area contributed by atoms with E-state index in [9.17, 15) is 72.3 Å². The zero-order valence-electron chi connectivity index (χ0n) is 76.2. The van der Waals surface area contributed by atoms with Gasteiger partial charge in [-0.2, -0.15) is 9.97 Å². The lowest BCUT2D eigenvalue weighted by molar-refractivity contribution is -0.221. The van der Waals surface area contributed by atoms with Crippen molar-refractivity contribution in [1.29, 1.82) is 0 Å². The number of aromatic amines is 2. The van der Waals surface area contributed by atoms with Gasteiger partial charge in [-0.1, -0.05) is 77.8 Å². The van der Waals surface area contributed by atoms with Crippen molar-refractivity contribution in [3.8, 4) is 0 Å². The van der Waals surface area contributed by atoms with Crippen LogP contribution in [-0.2, 0) is 184 Å². The first-order chi connectivity index (χ1) is 67.1. The van der Waals surface area contributed by atoms with Crippen molar-refractivity contribution in [3.05, 3.63) is 146 Å². The minimum Gasteiger partial charge on any atom is -0.780 e. The van der Waals surface area contributed by atoms with E-state index < -0.39 is 300 Å². The average Bonchev–Trinajstić information content (AvgIpc) is 1.61. The molecule has 14 N–H and O–H groups in total. The number of urea groups is 2. The van der Waals surface area contributed by atoms with Crippen LogP contribution in [0.5, 0.6) is 0 Å². The van der Waals surface area contributed by atoms with E-state index in [0.29, 0.717) is 28.7 Å². The number of nitrogens with one attached hydrogen (secondary N) is 4. The number of fused-ring (bicyclic) bond motifs is 1. The number of aromatic nitrogens is 12. The molecule has 9 aliphatic rings. The molecule has 143 heavy (non-hydrogen) atoms. The molecule has 71 heteroatoms. The molecule has 0 bridgehead atoms. The molecule has 30 atom stereocenters. The van der Waals surface area contributed by atoms with E-state index in [1.54, 1.807) is 27.7 Å². The Labute approximate surface area is 846 Å². The number of carbonyl (C=O) groups excluding carboxylic acids is 2. The predicted octanol–water partition coefficient (Wildman–Crippen LogP) is -2.47. The number of H-pyrrole nitrogens is 2. The Kier molecular flexibility index (Phi) is 35.2. The second-order valence-corrected chi connectivity index (χ2v) is 53.1. The van der Waals surface area contributed by atoms with E-state index in [-0.39, 0.29) is 59.0 Å². The highest BCUT2D eigenvalue weighted by atomic mass is 32.7. The van der Waals surface area contributed by atoms with E-state index in [4.69, 9.17) is 208 Å². The molecule has 9 unspecified atom stereocenters. The van der Waals surface area contributed by atoms with E-state index in [1.165, 1.54) is 73.6 Å². The number of nitrogens with two attached hydrogens (primary N) is 5. The van der Waals surface area contributed by atoms with Crippen LogP contribution < -0.4 is 103 Å². The van der Waals surface area contributed by atoms with Crippen LogP contribution in [0.3, 0.4) is 0 Å². The summed E-state index contributed by atoms with van der Waals surface area (Å²) in [6, 6.07) is -1.60. The first-order valence-corrected chi connectivity index (χ1v) is 61.3. The Balaban J connectivity index is 0.630. The fourth-order valence-corrected chi connectivity index (χ4v) is 26.3. The highest BCUT2D eigenvalue weighted by molar-refractivity contribution is 8.32. The third-order valence-electron chi connectivity index (χ3n) is 24.0. The number of aryl methyl sites for hydroxylation is 4. The van der Waals surface area contributed by atoms with Gasteiger partial charge in [0.2, 0.25) is 0 Å². The van der Waals surface area contributed by atoms with E-state index in [0.717, 1.165) is 36.8 Å². The van der Waals surface area contributed by atoms with Crippen LogP contribution in [0.1, 0.15) is 126 Å². The highest BCUT2D eigenvalue weighted by Crippen LogP contribution is 2.57. The standard InChI is InChI=1S/C72H104N21O36P7S7/c1-9-37-38(10-51(116-37)87-17-31(2)59(73)81-67(87)96)124-131(103,138)110-28-50-44(16-57(122-50)93-30-80-58-63(77)78-29-79-64(58)93)129-136(108,143)115-27-49-43(15-56(121-49)92-22-36(7)66(95)86-72(92)101)128-135(107,142)114-26-48-42(14-54(120-48)90-20-34(5)62(76)84-70(90)99)127-134(106,141)113-25-47-41(13-53(119-47)89-19-33(4)61(75)83-69(89)98)126-133(105,140)112-24-46-40(12-52(118-46)88-18-32(3)60(74)82-68(88)97)125-132(104,139)111-23-45-39(123-130(102,137)109-8)11-55(117-45)91-21-35(6)65(94)85-71(91)100/h17-22,29-30,37-57,61-62H,9-16,23-28,75-76H2,1-8H3,(H,83,98)(H,84,99)(H,102,137)(H,103,138)(H,104,139)(H,105,140)(H,106,141)(H,107,142)(H,108,143)(H2,73,81,96)(H2,74,82,97)(H2,77,78,79)(H,85,94,100)(H,86,95,101)/p-7/t37-,38-,39-,40-,41-,42-,43-,44-,45-,46-,47-,48-,49-,50-,51-,52-,53-,54-,55-,56-,57-,61?,62?,130?,131?,132?,133?,134?,135?,136?/m1/s1. The number of amides is 4. The Morgan fingerprint density at radius 1 is 0.413 bits per heavy atom. The number of ether oxygens (including phenoxy) is 7. The number of carbonyl (C=O) groups is 2. The summed E-state index contributed by atoms with van der Waals surface area (Å²) in [5.74, 6) is -0.112. The molecule has 4 amide bonds. The van der Waals surface area contributed by atoms with E-state index in [1.807, 2.05) is 0 Å². The van der Waals surface area contributed by atoms with Gasteiger partial charge in [-0.15, -0.1) is 0 Å². The van der Waals surface area contributed by atoms with Crippen LogP contribution in [0.2, 0.25) is 0 Å². The second kappa shape index (κ2) is 45.1. The third kappa shape index (κ3) is 27.1. The van der Waals surface area contributed by atoms with Gasteiger partial charge in [0.1, 0.15) is 156 Å². The van der Waals surface area contributed by atoms with Gasteiger partial charge < -0.3 is 177 Å². The van der Waals surface area contributed by atoms with Crippen LogP contribution in [-0.4, -0.2) is 237 Å². The smallest absolute Gasteiger partial charge is 0.351 e. The van der Waals surface area contributed by atoms with Crippen molar-refractivity contribution >= 4 is 171 Å². The van der Waals surface area contributed by atoms with Crippen molar-refractivity contribution in [2.75, 3.05) is 64.0 Å². The molecule has 0 aliphatic carbocycles. The maximum atomic E-state index is 15.0. The fourth-order valence-electron chi connectivity index (χ4n) is 16.6. The quantitative estimate of drug-likeness (QED) is 0.0142. The Morgan fingerprint density at radius 2 is 0.713 bits per heavy atom. The Hall–Kier alpha value is -5.59. The zero-order chi connectivity index (χ0) is 104. The normalized spacial score (nSPS) is 32.0. The highest BCUT2D eigenvalue weighted by Gasteiger charge is 2.51. The summed E-state index contributed by atoms with van der Waals surface area (Å²) >= 11 is 37.9. The summed E-state index contributed by atoms with van der Waals surface area (Å²) in [7, 11) is 1.02. The number of nitrogens with zero attached hydrogens (tertiary/aromatic N) is 12. The van der Waals surface area contributed by atoms with Crippen molar-refractivity contribution in [2.24, 2.45) is 11.5 Å². The lowest BCUT2D eigenvalue weighted by atomic mass is 10.1. The zero-order valence-corrected chi connectivity index (χ0v) is 88.2. The van der Waals surface area contributed by atoms with Crippen LogP contribution in [0, 0.1) is 27.7 Å². The van der Waals surface area contributed by atoms with Crippen molar-refractivity contribution in [1.82, 2.24) is 78.2 Å². The summed E-state index contributed by atoms with van der Waals surface area (Å²) in [5.41, 5.74) is 27.4. The number of imidazole rings is 1. The van der Waals surface area contributed by atoms with Crippen LogP contribution in [0.25, 0.3) is 11.2 Å². The molecule has 6 aromatic heterocycles. The minimum atomic E-state index is -5.03. The molecule has 790 valence electrons. The number of nitrogen functional groups attached to an aromatic ring is 3. The lowest BCUT2D eigenvalue weighted by Crippen LogP contribution is -2.54. The van der Waals surface area contributed by atoms with Gasteiger partial charge in [-0.3, -0.25) is 56.8 Å². The number of hydrogen-bond acceptors (Lipinski definition) is 53. The monoisotopic (exact) mass is 2270 g/mol. The molecule has 0 saturated carbocycles. The van der Waals surface area contributed by atoms with Gasteiger partial charge in [0.15, 0.2) is 18.3 Å². The van der Waals surface area contributed by atoms with Crippen molar-refractivity contribution < 1.29 is 140 Å².